The largest absolute Gasteiger partial charge is 0.484 e. The number of carbonyl (C=O) groups excluding carboxylic acids is 1. The fourth-order valence-electron chi connectivity index (χ4n) is 2.10. The van der Waals surface area contributed by atoms with Crippen LogP contribution in [0, 0.1) is 6.92 Å². The summed E-state index contributed by atoms with van der Waals surface area (Å²) in [4.78, 5) is 11.7. The Bertz CT molecular complexity index is 449. The summed E-state index contributed by atoms with van der Waals surface area (Å²) < 4.78 is 5.45. The zero-order chi connectivity index (χ0) is 13.7. The quantitative estimate of drug-likeness (QED) is 0.895. The Labute approximate surface area is 130 Å². The molecule has 1 atom stereocenters. The van der Waals surface area contributed by atoms with Crippen molar-refractivity contribution in [3.63, 3.8) is 0 Å². The Balaban J connectivity index is 0.00000200. The number of rotatable bonds is 4. The average Bonchev–Trinajstić information content (AvgIpc) is 2.41. The molecule has 1 amide bonds. The van der Waals surface area contributed by atoms with E-state index in [-0.39, 0.29) is 31.0 Å². The molecule has 1 aliphatic rings. The lowest BCUT2D eigenvalue weighted by molar-refractivity contribution is -0.123. The van der Waals surface area contributed by atoms with Gasteiger partial charge in [0, 0.05) is 17.6 Å². The number of nitrogens with one attached hydrogen (secondary N) is 2. The molecule has 20 heavy (non-hydrogen) atoms. The number of benzene rings is 1. The first-order valence-corrected chi connectivity index (χ1v) is 6.92. The minimum absolute atomic E-state index is 0. The lowest BCUT2D eigenvalue weighted by Gasteiger charge is -2.23. The molecule has 4 nitrogen and oxygen atoms in total. The second kappa shape index (κ2) is 8.35. The van der Waals surface area contributed by atoms with E-state index in [2.05, 4.69) is 10.6 Å². The van der Waals surface area contributed by atoms with Gasteiger partial charge in [0.2, 0.25) is 0 Å². The number of ether oxygens (including phenoxy) is 1. The van der Waals surface area contributed by atoms with Crippen LogP contribution in [0.3, 0.4) is 0 Å². The third-order valence-corrected chi connectivity index (χ3v) is 3.59. The summed E-state index contributed by atoms with van der Waals surface area (Å²) in [7, 11) is 0. The van der Waals surface area contributed by atoms with E-state index in [1.807, 2.05) is 13.0 Å². The average molecular weight is 319 g/mol. The van der Waals surface area contributed by atoms with E-state index in [1.54, 1.807) is 12.1 Å². The minimum atomic E-state index is -0.0821. The monoisotopic (exact) mass is 318 g/mol. The summed E-state index contributed by atoms with van der Waals surface area (Å²) in [6, 6.07) is 5.59. The number of halogens is 2. The predicted molar refractivity (Wildman–Crippen MR) is 83.0 cm³/mol. The Kier molecular flexibility index (Phi) is 7.13. The first-order valence-electron chi connectivity index (χ1n) is 6.54. The van der Waals surface area contributed by atoms with Gasteiger partial charge in [0.05, 0.1) is 0 Å². The summed E-state index contributed by atoms with van der Waals surface area (Å²) in [5, 5.41) is 6.92. The Morgan fingerprint density at radius 1 is 1.55 bits per heavy atom. The molecule has 2 N–H and O–H groups in total. The van der Waals surface area contributed by atoms with Crippen molar-refractivity contribution in [3.8, 4) is 5.75 Å². The molecule has 0 spiro atoms. The molecule has 6 heteroatoms. The first kappa shape index (κ1) is 17.1. The van der Waals surface area contributed by atoms with Crippen molar-refractivity contribution in [3.05, 3.63) is 28.8 Å². The molecule has 0 aromatic heterocycles. The third kappa shape index (κ3) is 5.19. The van der Waals surface area contributed by atoms with Gasteiger partial charge in [-0.25, -0.2) is 0 Å². The van der Waals surface area contributed by atoms with Crippen LogP contribution >= 0.6 is 24.0 Å². The highest BCUT2D eigenvalue weighted by molar-refractivity contribution is 6.31. The van der Waals surface area contributed by atoms with Crippen LogP contribution in [0.1, 0.15) is 18.4 Å². The number of piperidine rings is 1. The highest BCUT2D eigenvalue weighted by Gasteiger charge is 2.15. The number of carbonyl (C=O) groups is 1. The van der Waals surface area contributed by atoms with Crippen molar-refractivity contribution in [1.82, 2.24) is 10.6 Å². The number of amides is 1. The van der Waals surface area contributed by atoms with E-state index in [9.17, 15) is 4.79 Å². The molecule has 0 unspecified atom stereocenters. The molecule has 1 aliphatic heterocycles. The maximum Gasteiger partial charge on any atom is 0.258 e. The standard InChI is InChI=1S/C14H19ClN2O2.ClH/c1-10-7-12(4-5-13(10)15)19-9-14(18)17-11-3-2-6-16-8-11;/h4-5,7,11,16H,2-3,6,8-9H2,1H3,(H,17,18);1H/t11-;/m0./s1. The van der Waals surface area contributed by atoms with E-state index >= 15 is 0 Å². The maximum absolute atomic E-state index is 11.7. The smallest absolute Gasteiger partial charge is 0.258 e. The highest BCUT2D eigenvalue weighted by atomic mass is 35.5. The number of hydrogen-bond acceptors (Lipinski definition) is 3. The van der Waals surface area contributed by atoms with Crippen molar-refractivity contribution in [2.24, 2.45) is 0 Å². The Hall–Kier alpha value is -0.970. The van der Waals surface area contributed by atoms with Gasteiger partial charge in [-0.1, -0.05) is 11.6 Å². The van der Waals surface area contributed by atoms with Crippen molar-refractivity contribution < 1.29 is 9.53 Å². The van der Waals surface area contributed by atoms with Gasteiger partial charge in [-0.2, -0.15) is 0 Å². The molecule has 1 aromatic carbocycles. The van der Waals surface area contributed by atoms with E-state index in [1.165, 1.54) is 0 Å². The molecule has 1 saturated heterocycles. The molecule has 1 heterocycles. The molecule has 1 fully saturated rings. The molecule has 0 radical (unpaired) electrons. The van der Waals surface area contributed by atoms with Gasteiger partial charge in [0.1, 0.15) is 5.75 Å². The zero-order valence-corrected chi connectivity index (χ0v) is 13.0. The van der Waals surface area contributed by atoms with Crippen molar-refractivity contribution in [1.29, 1.82) is 0 Å². The summed E-state index contributed by atoms with van der Waals surface area (Å²) in [6.45, 7) is 3.82. The normalized spacial score (nSPS) is 18.0. The Morgan fingerprint density at radius 3 is 3.00 bits per heavy atom. The first-order chi connectivity index (χ1) is 9.15. The topological polar surface area (TPSA) is 50.4 Å². The van der Waals surface area contributed by atoms with Gasteiger partial charge < -0.3 is 15.4 Å². The maximum atomic E-state index is 11.7. The second-order valence-corrected chi connectivity index (χ2v) is 5.22. The van der Waals surface area contributed by atoms with Gasteiger partial charge in [-0.3, -0.25) is 4.79 Å². The van der Waals surface area contributed by atoms with Crippen molar-refractivity contribution in [2.45, 2.75) is 25.8 Å². The minimum Gasteiger partial charge on any atom is -0.484 e. The molecule has 112 valence electrons. The van der Waals surface area contributed by atoms with E-state index < -0.39 is 0 Å². The molecule has 1 aromatic rings. The molecule has 0 saturated carbocycles. The molecule has 0 bridgehead atoms. The summed E-state index contributed by atoms with van der Waals surface area (Å²) in [5.41, 5.74) is 0.941. The van der Waals surface area contributed by atoms with Crippen LogP contribution < -0.4 is 15.4 Å². The predicted octanol–water partition coefficient (Wildman–Crippen LogP) is 2.32. The fraction of sp³-hybridized carbons (Fsp3) is 0.500. The summed E-state index contributed by atoms with van der Waals surface area (Å²) in [5.74, 6) is 0.583. The lowest BCUT2D eigenvalue weighted by atomic mass is 10.1. The fourth-order valence-corrected chi connectivity index (χ4v) is 2.22. The number of aryl methyl sites for hydroxylation is 1. The molecule has 2 rings (SSSR count). The van der Waals surface area contributed by atoms with Crippen LogP contribution in [0.15, 0.2) is 18.2 Å². The van der Waals surface area contributed by atoms with E-state index in [4.69, 9.17) is 16.3 Å². The van der Waals surface area contributed by atoms with Crippen LogP contribution in [0.2, 0.25) is 5.02 Å². The summed E-state index contributed by atoms with van der Waals surface area (Å²) in [6.07, 6.45) is 2.13. The van der Waals surface area contributed by atoms with Crippen molar-refractivity contribution >= 4 is 29.9 Å². The van der Waals surface area contributed by atoms with Gasteiger partial charge in [0.25, 0.3) is 5.91 Å². The highest BCUT2D eigenvalue weighted by Crippen LogP contribution is 2.20. The van der Waals surface area contributed by atoms with Gasteiger partial charge >= 0.3 is 0 Å². The van der Waals surface area contributed by atoms with Crippen LogP contribution in [0.5, 0.6) is 5.75 Å². The van der Waals surface area contributed by atoms with E-state index in [0.717, 1.165) is 31.5 Å². The van der Waals surface area contributed by atoms with Gasteiger partial charge in [-0.05, 0) is 50.1 Å². The van der Waals surface area contributed by atoms with Gasteiger partial charge in [0.15, 0.2) is 6.61 Å². The van der Waals surface area contributed by atoms with E-state index in [0.29, 0.717) is 10.8 Å². The van der Waals surface area contributed by atoms with Crippen LogP contribution in [-0.2, 0) is 4.79 Å². The molecular formula is C14H20Cl2N2O2. The van der Waals surface area contributed by atoms with Gasteiger partial charge in [-0.15, -0.1) is 12.4 Å². The molecular weight excluding hydrogens is 299 g/mol. The summed E-state index contributed by atoms with van der Waals surface area (Å²) >= 11 is 5.93. The zero-order valence-electron chi connectivity index (χ0n) is 11.4. The molecule has 0 aliphatic carbocycles. The lowest BCUT2D eigenvalue weighted by Crippen LogP contribution is -2.46. The van der Waals surface area contributed by atoms with Crippen LogP contribution in [-0.4, -0.2) is 31.6 Å². The number of hydrogen-bond donors (Lipinski definition) is 2. The Morgan fingerprint density at radius 2 is 2.35 bits per heavy atom. The van der Waals surface area contributed by atoms with Crippen molar-refractivity contribution in [2.75, 3.05) is 19.7 Å². The van der Waals surface area contributed by atoms with Crippen LogP contribution in [0.25, 0.3) is 0 Å². The van der Waals surface area contributed by atoms with Crippen LogP contribution in [0.4, 0.5) is 0 Å². The second-order valence-electron chi connectivity index (χ2n) is 4.81. The SMILES string of the molecule is Cc1cc(OCC(=O)N[C@H]2CCCNC2)ccc1Cl.Cl. The third-order valence-electron chi connectivity index (χ3n) is 3.16.